The molecule has 3 heteroatoms. The minimum atomic E-state index is 0.165. The van der Waals surface area contributed by atoms with Crippen molar-refractivity contribution in [2.75, 3.05) is 0 Å². The molecule has 2 aromatic rings. The van der Waals surface area contributed by atoms with Gasteiger partial charge in [-0.3, -0.25) is 4.79 Å². The first-order valence-electron chi connectivity index (χ1n) is 6.01. The van der Waals surface area contributed by atoms with Crippen molar-refractivity contribution < 1.29 is 4.79 Å². The highest BCUT2D eigenvalue weighted by Gasteiger charge is 2.03. The predicted octanol–water partition coefficient (Wildman–Crippen LogP) is 4.98. The summed E-state index contributed by atoms with van der Waals surface area (Å²) in [4.78, 5) is 17.1. The van der Waals surface area contributed by atoms with Gasteiger partial charge in [-0.15, -0.1) is 0 Å². The van der Waals surface area contributed by atoms with Gasteiger partial charge in [-0.05, 0) is 12.1 Å². The van der Waals surface area contributed by atoms with E-state index < -0.39 is 0 Å². The van der Waals surface area contributed by atoms with Gasteiger partial charge < -0.3 is 0 Å². The lowest BCUT2D eigenvalue weighted by molar-refractivity contribution is 0.0988. The van der Waals surface area contributed by atoms with E-state index in [-0.39, 0.29) is 5.78 Å². The molecule has 0 heterocycles. The van der Waals surface area contributed by atoms with Crippen LogP contribution in [0.15, 0.2) is 58.3 Å². The summed E-state index contributed by atoms with van der Waals surface area (Å²) < 4.78 is 0. The van der Waals surface area contributed by atoms with Crippen molar-refractivity contribution in [3.63, 3.8) is 0 Å². The van der Waals surface area contributed by atoms with Gasteiger partial charge in [-0.25, -0.2) is 4.85 Å². The Labute approximate surface area is 117 Å². The molecule has 0 unspecified atom stereocenters. The first-order valence-corrected chi connectivity index (χ1v) is 6.83. The fraction of sp³-hybridized carbons (Fsp3) is 0.125. The van der Waals surface area contributed by atoms with E-state index in [4.69, 9.17) is 6.57 Å². The van der Waals surface area contributed by atoms with Gasteiger partial charge in [-0.2, -0.15) is 0 Å². The van der Waals surface area contributed by atoms with Crippen molar-refractivity contribution in [3.05, 3.63) is 65.5 Å². The summed E-state index contributed by atoms with van der Waals surface area (Å²) in [5.41, 5.74) is 1.41. The van der Waals surface area contributed by atoms with Crippen LogP contribution in [-0.4, -0.2) is 5.78 Å². The van der Waals surface area contributed by atoms with Crippen LogP contribution < -0.4 is 0 Å². The molecular formula is C16H13NOS. The minimum absolute atomic E-state index is 0.165. The molecule has 2 aromatic carbocycles. The van der Waals surface area contributed by atoms with E-state index in [1.54, 1.807) is 11.8 Å². The van der Waals surface area contributed by atoms with Crippen LogP contribution >= 0.6 is 11.8 Å². The van der Waals surface area contributed by atoms with Crippen molar-refractivity contribution in [1.82, 2.24) is 0 Å². The summed E-state index contributed by atoms with van der Waals surface area (Å²) >= 11 is 1.62. The maximum Gasteiger partial charge on any atom is 0.187 e. The topological polar surface area (TPSA) is 21.4 Å². The molecule has 0 N–H and O–H groups in total. The number of hydrogen-bond acceptors (Lipinski definition) is 2. The number of Topliss-reactive ketones (excluding diaryl/α,β-unsaturated/α-hetero) is 1. The van der Waals surface area contributed by atoms with Gasteiger partial charge in [0.2, 0.25) is 0 Å². The Hall–Kier alpha value is -2.05. The number of benzene rings is 2. The molecule has 2 rings (SSSR count). The Balaban J connectivity index is 2.10. The van der Waals surface area contributed by atoms with Gasteiger partial charge in [0.1, 0.15) is 0 Å². The molecule has 0 radical (unpaired) electrons. The van der Waals surface area contributed by atoms with Crippen molar-refractivity contribution in [2.24, 2.45) is 0 Å². The maximum absolute atomic E-state index is 11.5. The molecule has 0 atom stereocenters. The first kappa shape index (κ1) is 13.4. The number of hydrogen-bond donors (Lipinski definition) is 0. The zero-order chi connectivity index (χ0) is 13.7. The molecule has 0 amide bonds. The molecular weight excluding hydrogens is 254 g/mol. The second kappa shape index (κ2) is 6.21. The average molecular weight is 267 g/mol. The van der Waals surface area contributed by atoms with Crippen LogP contribution in [0, 0.1) is 6.57 Å². The third-order valence-electron chi connectivity index (χ3n) is 2.70. The van der Waals surface area contributed by atoms with E-state index in [9.17, 15) is 4.79 Å². The summed E-state index contributed by atoms with van der Waals surface area (Å²) in [6, 6.07) is 15.1. The lowest BCUT2D eigenvalue weighted by Gasteiger charge is -2.03. The van der Waals surface area contributed by atoms with E-state index in [1.807, 2.05) is 55.5 Å². The standard InChI is InChI=1S/C16H13NOS/c1-3-16(18)12-4-8-14(9-5-12)19-15-10-6-13(17-2)7-11-15/h4-11H,3H2,1H3. The third-order valence-corrected chi connectivity index (χ3v) is 3.71. The summed E-state index contributed by atoms with van der Waals surface area (Å²) in [5, 5.41) is 0. The predicted molar refractivity (Wildman–Crippen MR) is 77.9 cm³/mol. The smallest absolute Gasteiger partial charge is 0.187 e. The fourth-order valence-corrected chi connectivity index (χ4v) is 2.45. The second-order valence-electron chi connectivity index (χ2n) is 4.01. The van der Waals surface area contributed by atoms with Crippen LogP contribution in [0.1, 0.15) is 23.7 Å². The van der Waals surface area contributed by atoms with Crippen LogP contribution in [0.5, 0.6) is 0 Å². The summed E-state index contributed by atoms with van der Waals surface area (Å²) in [6.07, 6.45) is 0.532. The SMILES string of the molecule is [C-]#[N+]c1ccc(Sc2ccc(C(=O)CC)cc2)cc1. The number of ketones is 1. The molecule has 94 valence electrons. The monoisotopic (exact) mass is 267 g/mol. The quantitative estimate of drug-likeness (QED) is 0.575. The van der Waals surface area contributed by atoms with Gasteiger partial charge in [0.25, 0.3) is 0 Å². The number of nitrogens with zero attached hydrogens (tertiary/aromatic N) is 1. The van der Waals surface area contributed by atoms with Crippen molar-refractivity contribution >= 4 is 23.2 Å². The van der Waals surface area contributed by atoms with Crippen LogP contribution in [0.25, 0.3) is 4.85 Å². The molecule has 0 bridgehead atoms. The van der Waals surface area contributed by atoms with E-state index in [0.717, 1.165) is 15.4 Å². The normalized spacial score (nSPS) is 9.89. The second-order valence-corrected chi connectivity index (χ2v) is 5.16. The molecule has 0 aliphatic heterocycles. The molecule has 0 saturated carbocycles. The van der Waals surface area contributed by atoms with E-state index in [1.165, 1.54) is 0 Å². The van der Waals surface area contributed by atoms with Crippen LogP contribution in [0.2, 0.25) is 0 Å². The number of carbonyl (C=O) groups is 1. The first-order chi connectivity index (χ1) is 9.22. The number of rotatable bonds is 4. The van der Waals surface area contributed by atoms with E-state index in [2.05, 4.69) is 4.85 Å². The molecule has 0 fully saturated rings. The van der Waals surface area contributed by atoms with Crippen molar-refractivity contribution in [1.29, 1.82) is 0 Å². The van der Waals surface area contributed by atoms with Gasteiger partial charge in [0, 0.05) is 21.8 Å². The van der Waals surface area contributed by atoms with Gasteiger partial charge in [0.05, 0.1) is 6.57 Å². The maximum atomic E-state index is 11.5. The molecule has 0 aliphatic carbocycles. The molecule has 0 aromatic heterocycles. The highest BCUT2D eigenvalue weighted by Crippen LogP contribution is 2.29. The molecule has 19 heavy (non-hydrogen) atoms. The van der Waals surface area contributed by atoms with E-state index in [0.29, 0.717) is 12.1 Å². The van der Waals surface area contributed by atoms with Crippen molar-refractivity contribution in [2.45, 2.75) is 23.1 Å². The van der Waals surface area contributed by atoms with Crippen molar-refractivity contribution in [3.8, 4) is 0 Å². The zero-order valence-corrected chi connectivity index (χ0v) is 11.4. The molecule has 2 nitrogen and oxygen atoms in total. The van der Waals surface area contributed by atoms with Gasteiger partial charge in [-0.1, -0.05) is 55.1 Å². The third kappa shape index (κ3) is 3.46. The Morgan fingerprint density at radius 2 is 1.58 bits per heavy atom. The van der Waals surface area contributed by atoms with Crippen LogP contribution in [0.3, 0.4) is 0 Å². The summed E-state index contributed by atoms with van der Waals surface area (Å²) in [5.74, 6) is 0.165. The average Bonchev–Trinajstić information content (AvgIpc) is 2.48. The summed E-state index contributed by atoms with van der Waals surface area (Å²) in [7, 11) is 0. The lowest BCUT2D eigenvalue weighted by Crippen LogP contribution is -1.95. The van der Waals surface area contributed by atoms with E-state index >= 15 is 0 Å². The highest BCUT2D eigenvalue weighted by atomic mass is 32.2. The summed E-state index contributed by atoms with van der Waals surface area (Å²) in [6.45, 7) is 8.77. The Morgan fingerprint density at radius 1 is 1.05 bits per heavy atom. The van der Waals surface area contributed by atoms with Crippen LogP contribution in [0.4, 0.5) is 5.69 Å². The zero-order valence-electron chi connectivity index (χ0n) is 10.6. The Kier molecular flexibility index (Phi) is 4.38. The minimum Gasteiger partial charge on any atom is -0.294 e. The largest absolute Gasteiger partial charge is 0.294 e. The number of carbonyl (C=O) groups excluding carboxylic acids is 1. The Morgan fingerprint density at radius 3 is 2.05 bits per heavy atom. The van der Waals surface area contributed by atoms with Gasteiger partial charge >= 0.3 is 0 Å². The molecule has 0 aliphatic rings. The molecule has 0 spiro atoms. The van der Waals surface area contributed by atoms with Gasteiger partial charge in [0.15, 0.2) is 11.5 Å². The molecule has 0 saturated heterocycles. The Bertz CT molecular complexity index is 609. The van der Waals surface area contributed by atoms with Crippen LogP contribution in [-0.2, 0) is 0 Å². The highest BCUT2D eigenvalue weighted by molar-refractivity contribution is 7.99. The fourth-order valence-electron chi connectivity index (χ4n) is 1.64. The lowest BCUT2D eigenvalue weighted by atomic mass is 10.1.